The SMILES string of the molecule is CC(C)CCNCc1ccc(Oc2ccc(F)cc2F)c(-c2cn(C)c3c(=O)[nH]ccc23)c1. The minimum Gasteiger partial charge on any atom is -0.454 e. The van der Waals surface area contributed by atoms with Gasteiger partial charge in [-0.3, -0.25) is 4.79 Å². The summed E-state index contributed by atoms with van der Waals surface area (Å²) in [6.45, 7) is 5.93. The van der Waals surface area contributed by atoms with Crippen LogP contribution >= 0.6 is 0 Å². The van der Waals surface area contributed by atoms with E-state index < -0.39 is 11.6 Å². The Morgan fingerprint density at radius 2 is 1.85 bits per heavy atom. The normalized spacial score (nSPS) is 11.5. The molecule has 7 heteroatoms. The number of hydrogen-bond acceptors (Lipinski definition) is 3. The molecule has 0 amide bonds. The molecule has 0 saturated heterocycles. The number of benzene rings is 2. The lowest BCUT2D eigenvalue weighted by Gasteiger charge is -2.14. The highest BCUT2D eigenvalue weighted by molar-refractivity contribution is 5.97. The molecular formula is C26H27F2N3O2. The molecule has 0 spiro atoms. The van der Waals surface area contributed by atoms with E-state index in [0.29, 0.717) is 23.7 Å². The van der Waals surface area contributed by atoms with Crippen LogP contribution in [0.2, 0.25) is 0 Å². The van der Waals surface area contributed by atoms with Crippen molar-refractivity contribution in [3.8, 4) is 22.6 Å². The number of aromatic amines is 1. The maximum atomic E-state index is 14.3. The first kappa shape index (κ1) is 22.7. The van der Waals surface area contributed by atoms with E-state index >= 15 is 0 Å². The molecule has 172 valence electrons. The smallest absolute Gasteiger partial charge is 0.272 e. The molecule has 0 atom stereocenters. The fraction of sp³-hybridized carbons (Fsp3) is 0.269. The molecule has 0 saturated carbocycles. The van der Waals surface area contributed by atoms with Gasteiger partial charge in [0.2, 0.25) is 0 Å². The minimum absolute atomic E-state index is 0.0708. The van der Waals surface area contributed by atoms with Crippen LogP contribution in [-0.2, 0) is 13.6 Å². The summed E-state index contributed by atoms with van der Waals surface area (Å²) in [7, 11) is 1.80. The van der Waals surface area contributed by atoms with Gasteiger partial charge < -0.3 is 19.6 Å². The van der Waals surface area contributed by atoms with Crippen molar-refractivity contribution >= 4 is 10.9 Å². The van der Waals surface area contributed by atoms with Gasteiger partial charge in [-0.25, -0.2) is 8.78 Å². The molecular weight excluding hydrogens is 424 g/mol. The summed E-state index contributed by atoms with van der Waals surface area (Å²) in [6.07, 6.45) is 4.54. The van der Waals surface area contributed by atoms with Crippen molar-refractivity contribution < 1.29 is 13.5 Å². The molecule has 0 radical (unpaired) electrons. The van der Waals surface area contributed by atoms with Gasteiger partial charge in [0.25, 0.3) is 5.56 Å². The number of fused-ring (bicyclic) bond motifs is 1. The molecule has 0 bridgehead atoms. The van der Waals surface area contributed by atoms with E-state index in [1.165, 1.54) is 6.07 Å². The molecule has 4 rings (SSSR count). The van der Waals surface area contributed by atoms with Crippen LogP contribution in [0.5, 0.6) is 11.5 Å². The van der Waals surface area contributed by atoms with Gasteiger partial charge in [-0.15, -0.1) is 0 Å². The number of aryl methyl sites for hydroxylation is 1. The lowest BCUT2D eigenvalue weighted by molar-refractivity contribution is 0.439. The summed E-state index contributed by atoms with van der Waals surface area (Å²) in [4.78, 5) is 15.1. The van der Waals surface area contributed by atoms with Gasteiger partial charge in [0.1, 0.15) is 17.1 Å². The lowest BCUT2D eigenvalue weighted by Crippen LogP contribution is -2.16. The second-order valence-electron chi connectivity index (χ2n) is 8.59. The second kappa shape index (κ2) is 9.58. The van der Waals surface area contributed by atoms with Gasteiger partial charge >= 0.3 is 0 Å². The number of aromatic nitrogens is 2. The Balaban J connectivity index is 1.77. The maximum Gasteiger partial charge on any atom is 0.272 e. The number of ether oxygens (including phenoxy) is 1. The molecule has 0 unspecified atom stereocenters. The second-order valence-corrected chi connectivity index (χ2v) is 8.59. The Labute approximate surface area is 191 Å². The topological polar surface area (TPSA) is 59.0 Å². The Bertz CT molecular complexity index is 1340. The van der Waals surface area contributed by atoms with Crippen LogP contribution < -0.4 is 15.6 Å². The third-order valence-electron chi connectivity index (χ3n) is 5.58. The number of rotatable bonds is 8. The predicted molar refractivity (Wildman–Crippen MR) is 127 cm³/mol. The molecule has 2 aromatic carbocycles. The first-order valence-corrected chi connectivity index (χ1v) is 11.0. The van der Waals surface area contributed by atoms with Crippen LogP contribution in [0, 0.1) is 17.6 Å². The van der Waals surface area contributed by atoms with Crippen LogP contribution in [0.15, 0.2) is 59.7 Å². The highest BCUT2D eigenvalue weighted by Crippen LogP contribution is 2.38. The zero-order valence-electron chi connectivity index (χ0n) is 18.9. The molecule has 0 aliphatic carbocycles. The minimum atomic E-state index is -0.783. The van der Waals surface area contributed by atoms with Crippen molar-refractivity contribution in [2.75, 3.05) is 6.54 Å². The molecule has 4 aromatic rings. The van der Waals surface area contributed by atoms with E-state index in [-0.39, 0.29) is 11.3 Å². The number of nitrogens with zero attached hydrogens (tertiary/aromatic N) is 1. The van der Waals surface area contributed by atoms with Crippen molar-refractivity contribution in [1.82, 2.24) is 14.9 Å². The van der Waals surface area contributed by atoms with E-state index in [1.807, 2.05) is 24.4 Å². The lowest BCUT2D eigenvalue weighted by atomic mass is 10.0. The van der Waals surface area contributed by atoms with Gasteiger partial charge in [0, 0.05) is 48.6 Å². The third kappa shape index (κ3) is 4.98. The summed E-state index contributed by atoms with van der Waals surface area (Å²) in [5, 5.41) is 4.20. The molecule has 0 aliphatic heterocycles. The third-order valence-corrected chi connectivity index (χ3v) is 5.58. The van der Waals surface area contributed by atoms with Crippen LogP contribution in [0.4, 0.5) is 8.78 Å². The maximum absolute atomic E-state index is 14.3. The van der Waals surface area contributed by atoms with Crippen LogP contribution in [0.25, 0.3) is 22.0 Å². The molecule has 33 heavy (non-hydrogen) atoms. The highest BCUT2D eigenvalue weighted by Gasteiger charge is 2.17. The van der Waals surface area contributed by atoms with Gasteiger partial charge in [-0.1, -0.05) is 19.9 Å². The Morgan fingerprint density at radius 3 is 2.61 bits per heavy atom. The monoisotopic (exact) mass is 451 g/mol. The summed E-state index contributed by atoms with van der Waals surface area (Å²) in [5.74, 6) is -0.494. The summed E-state index contributed by atoms with van der Waals surface area (Å²) < 4.78 is 35.3. The molecule has 5 nitrogen and oxygen atoms in total. The van der Waals surface area contributed by atoms with Crippen molar-refractivity contribution in [3.05, 3.63) is 82.4 Å². The van der Waals surface area contributed by atoms with Gasteiger partial charge in [-0.05, 0) is 54.8 Å². The summed E-state index contributed by atoms with van der Waals surface area (Å²) in [6, 6.07) is 10.7. The largest absolute Gasteiger partial charge is 0.454 e. The first-order valence-electron chi connectivity index (χ1n) is 11.0. The molecule has 0 fully saturated rings. The van der Waals surface area contributed by atoms with E-state index in [2.05, 4.69) is 24.1 Å². The van der Waals surface area contributed by atoms with Gasteiger partial charge in [0.15, 0.2) is 11.6 Å². The molecule has 0 aliphatic rings. The zero-order valence-corrected chi connectivity index (χ0v) is 18.9. The van der Waals surface area contributed by atoms with Crippen molar-refractivity contribution in [2.24, 2.45) is 13.0 Å². The standard InChI is InChI=1S/C26H27F2N3O2/c1-16(2)8-10-29-14-17-4-6-23(33-24-7-5-18(27)13-22(24)28)20(12-17)21-15-31(3)25-19(21)9-11-30-26(25)32/h4-7,9,11-13,15-16,29H,8,10,14H2,1-3H3,(H,30,32). The van der Waals surface area contributed by atoms with Crippen LogP contribution in [-0.4, -0.2) is 16.1 Å². The molecule has 2 N–H and O–H groups in total. The molecule has 2 heterocycles. The van der Waals surface area contributed by atoms with Crippen molar-refractivity contribution in [2.45, 2.75) is 26.8 Å². The Morgan fingerprint density at radius 1 is 1.06 bits per heavy atom. The van der Waals surface area contributed by atoms with E-state index in [9.17, 15) is 13.6 Å². The van der Waals surface area contributed by atoms with Gasteiger partial charge in [-0.2, -0.15) is 0 Å². The molecule has 2 aromatic heterocycles. The number of halogens is 2. The van der Waals surface area contributed by atoms with E-state index in [0.717, 1.165) is 47.2 Å². The fourth-order valence-electron chi connectivity index (χ4n) is 3.87. The number of H-pyrrole nitrogens is 1. The average Bonchev–Trinajstić information content (AvgIpc) is 3.11. The van der Waals surface area contributed by atoms with Crippen molar-refractivity contribution in [3.63, 3.8) is 0 Å². The fourth-order valence-corrected chi connectivity index (χ4v) is 3.87. The van der Waals surface area contributed by atoms with Crippen LogP contribution in [0.1, 0.15) is 25.8 Å². The van der Waals surface area contributed by atoms with E-state index in [1.54, 1.807) is 23.9 Å². The Hall–Kier alpha value is -3.45. The summed E-state index contributed by atoms with van der Waals surface area (Å²) >= 11 is 0. The number of hydrogen-bond donors (Lipinski definition) is 2. The summed E-state index contributed by atoms with van der Waals surface area (Å²) in [5.41, 5.74) is 2.88. The predicted octanol–water partition coefficient (Wildman–Crippen LogP) is 5.74. The van der Waals surface area contributed by atoms with Crippen molar-refractivity contribution in [1.29, 1.82) is 0 Å². The van der Waals surface area contributed by atoms with Crippen LogP contribution in [0.3, 0.4) is 0 Å². The Kier molecular flexibility index (Phi) is 6.60. The number of pyridine rings is 1. The number of nitrogens with one attached hydrogen (secondary N) is 2. The average molecular weight is 452 g/mol. The highest BCUT2D eigenvalue weighted by atomic mass is 19.1. The quantitative estimate of drug-likeness (QED) is 0.336. The zero-order chi connectivity index (χ0) is 23.5. The first-order chi connectivity index (χ1) is 15.8. The van der Waals surface area contributed by atoms with E-state index in [4.69, 9.17) is 4.74 Å². The van der Waals surface area contributed by atoms with Gasteiger partial charge in [0.05, 0.1) is 0 Å².